The minimum absolute atomic E-state index is 0.0438. The average Bonchev–Trinajstić information content (AvgIpc) is 2.44. The van der Waals surface area contributed by atoms with Crippen LogP contribution in [0.5, 0.6) is 0 Å². The highest BCUT2D eigenvalue weighted by Gasteiger charge is 2.38. The molecule has 2 fully saturated rings. The second kappa shape index (κ2) is 5.99. The molecule has 2 aliphatic heterocycles. The first-order valence-electron chi connectivity index (χ1n) is 7.58. The molecule has 0 amide bonds. The topological polar surface area (TPSA) is 49.6 Å². The van der Waals surface area contributed by atoms with E-state index in [4.69, 9.17) is 0 Å². The van der Waals surface area contributed by atoms with Crippen LogP contribution in [-0.2, 0) is 0 Å². The Balaban J connectivity index is 1.65. The Bertz CT molecular complexity index is 562. The molecule has 5 nitrogen and oxygen atoms in total. The van der Waals surface area contributed by atoms with Crippen LogP contribution >= 0.6 is 0 Å². The molecule has 0 saturated carbocycles. The fourth-order valence-electron chi connectivity index (χ4n) is 3.77. The van der Waals surface area contributed by atoms with Gasteiger partial charge in [-0.25, -0.2) is 0 Å². The number of hydrogen-bond acceptors (Lipinski definition) is 4. The van der Waals surface area contributed by atoms with Crippen molar-refractivity contribution in [1.29, 1.82) is 0 Å². The minimum Gasteiger partial charge on any atom is -0.371 e. The number of nitro benzene ring substituents is 1. The Morgan fingerprint density at radius 1 is 1.09 bits per heavy atom. The Morgan fingerprint density at radius 2 is 1.65 bits per heavy atom. The first-order valence-corrected chi connectivity index (χ1v) is 7.58. The van der Waals surface area contributed by atoms with Crippen LogP contribution in [0, 0.1) is 22.0 Å². The molecule has 8 heteroatoms. The van der Waals surface area contributed by atoms with E-state index in [1.807, 2.05) is 0 Å². The summed E-state index contributed by atoms with van der Waals surface area (Å²) in [5, 5.41) is 10.7. The first-order chi connectivity index (χ1) is 10.8. The number of halogens is 3. The Labute approximate surface area is 131 Å². The molecule has 0 aliphatic carbocycles. The van der Waals surface area contributed by atoms with Crippen LogP contribution in [0.2, 0.25) is 0 Å². The summed E-state index contributed by atoms with van der Waals surface area (Å²) in [6.45, 7) is 1.47. The molecule has 0 N–H and O–H groups in total. The smallest absolute Gasteiger partial charge is 0.371 e. The number of nitrogens with zero attached hydrogens (tertiary/aromatic N) is 3. The van der Waals surface area contributed by atoms with E-state index < -0.39 is 17.6 Å². The Kier molecular flexibility index (Phi) is 4.18. The number of anilines is 1. The van der Waals surface area contributed by atoms with Crippen LogP contribution in [0.1, 0.15) is 6.42 Å². The zero-order valence-corrected chi connectivity index (χ0v) is 12.5. The van der Waals surface area contributed by atoms with Gasteiger partial charge in [0, 0.05) is 44.0 Å². The summed E-state index contributed by atoms with van der Waals surface area (Å²) in [5.74, 6) is 0.417. The van der Waals surface area contributed by atoms with Gasteiger partial charge in [0.2, 0.25) is 0 Å². The number of hydrogen-bond donors (Lipinski definition) is 0. The predicted octanol–water partition coefficient (Wildman–Crippen LogP) is 2.92. The van der Waals surface area contributed by atoms with E-state index in [9.17, 15) is 23.3 Å². The minimum atomic E-state index is -4.15. The van der Waals surface area contributed by atoms with Crippen molar-refractivity contribution in [3.05, 3.63) is 34.4 Å². The van der Waals surface area contributed by atoms with E-state index in [0.29, 0.717) is 26.2 Å². The van der Waals surface area contributed by atoms with Gasteiger partial charge in [0.05, 0.1) is 11.5 Å². The molecule has 2 unspecified atom stereocenters. The molecule has 23 heavy (non-hydrogen) atoms. The molecule has 1 aromatic carbocycles. The van der Waals surface area contributed by atoms with Gasteiger partial charge in [-0.15, -0.1) is 0 Å². The number of non-ortho nitro benzene ring substituents is 1. The predicted molar refractivity (Wildman–Crippen MR) is 79.4 cm³/mol. The number of nitro groups is 1. The van der Waals surface area contributed by atoms with E-state index in [-0.39, 0.29) is 17.5 Å². The summed E-state index contributed by atoms with van der Waals surface area (Å²) in [4.78, 5) is 13.9. The largest absolute Gasteiger partial charge is 0.401 e. The lowest BCUT2D eigenvalue weighted by Gasteiger charge is -2.46. The van der Waals surface area contributed by atoms with E-state index in [2.05, 4.69) is 4.90 Å². The molecule has 126 valence electrons. The number of alkyl halides is 3. The van der Waals surface area contributed by atoms with Crippen molar-refractivity contribution in [2.45, 2.75) is 12.6 Å². The zero-order valence-electron chi connectivity index (χ0n) is 12.5. The van der Waals surface area contributed by atoms with E-state index >= 15 is 0 Å². The molecule has 2 bridgehead atoms. The van der Waals surface area contributed by atoms with E-state index in [1.54, 1.807) is 12.1 Å². The maximum absolute atomic E-state index is 12.6. The van der Waals surface area contributed by atoms with Crippen molar-refractivity contribution in [3.8, 4) is 0 Å². The van der Waals surface area contributed by atoms with Gasteiger partial charge in [0.25, 0.3) is 5.69 Å². The molecular weight excluding hydrogens is 311 g/mol. The molecule has 2 saturated heterocycles. The highest BCUT2D eigenvalue weighted by molar-refractivity contribution is 5.51. The van der Waals surface area contributed by atoms with Gasteiger partial charge < -0.3 is 4.90 Å². The number of likely N-dealkylation sites (tertiary alicyclic amines) is 1. The summed E-state index contributed by atoms with van der Waals surface area (Å²) >= 11 is 0. The van der Waals surface area contributed by atoms with E-state index in [1.165, 1.54) is 17.0 Å². The molecule has 0 aromatic heterocycles. The third kappa shape index (κ3) is 3.93. The molecule has 1 aromatic rings. The highest BCUT2D eigenvalue weighted by Crippen LogP contribution is 2.33. The second-order valence-corrected chi connectivity index (χ2v) is 6.46. The van der Waals surface area contributed by atoms with Crippen LogP contribution in [0.4, 0.5) is 24.5 Å². The molecule has 3 rings (SSSR count). The first kappa shape index (κ1) is 16.0. The zero-order chi connectivity index (χ0) is 16.6. The monoisotopic (exact) mass is 329 g/mol. The Morgan fingerprint density at radius 3 is 2.13 bits per heavy atom. The van der Waals surface area contributed by atoms with Crippen LogP contribution in [0.3, 0.4) is 0 Å². The number of rotatable bonds is 3. The van der Waals surface area contributed by atoms with Gasteiger partial charge in [0.15, 0.2) is 0 Å². The van der Waals surface area contributed by atoms with Gasteiger partial charge in [-0.2, -0.15) is 13.2 Å². The fraction of sp³-hybridized carbons (Fsp3) is 0.600. The lowest BCUT2D eigenvalue weighted by Crippen LogP contribution is -2.54. The number of fused-ring (bicyclic) bond motifs is 2. The van der Waals surface area contributed by atoms with Gasteiger partial charge in [-0.3, -0.25) is 15.0 Å². The van der Waals surface area contributed by atoms with Crippen molar-refractivity contribution >= 4 is 11.4 Å². The Hall–Kier alpha value is -1.83. The SMILES string of the molecule is O=[N+]([O-])c1ccc(N2CC3CC(CN(CC(F)(F)F)C3)C2)cc1. The maximum Gasteiger partial charge on any atom is 0.401 e. The van der Waals surface area contributed by atoms with Gasteiger partial charge >= 0.3 is 6.18 Å². The van der Waals surface area contributed by atoms with Crippen molar-refractivity contribution in [1.82, 2.24) is 4.90 Å². The standard InChI is InChI=1S/C15H18F3N3O2/c16-15(17,18)10-19-6-11-5-12(7-19)9-20(8-11)13-1-3-14(4-2-13)21(22)23/h1-4,11-12H,5-10H2. The number of piperidine rings is 2. The number of benzene rings is 1. The van der Waals surface area contributed by atoms with Gasteiger partial charge in [-0.05, 0) is 30.4 Å². The quantitative estimate of drug-likeness (QED) is 0.632. The molecule has 2 heterocycles. The van der Waals surface area contributed by atoms with Gasteiger partial charge in [-0.1, -0.05) is 0 Å². The van der Waals surface area contributed by atoms with Crippen LogP contribution in [0.25, 0.3) is 0 Å². The van der Waals surface area contributed by atoms with Crippen molar-refractivity contribution in [2.24, 2.45) is 11.8 Å². The van der Waals surface area contributed by atoms with Crippen molar-refractivity contribution < 1.29 is 18.1 Å². The van der Waals surface area contributed by atoms with Crippen LogP contribution < -0.4 is 4.90 Å². The molecule has 2 aliphatic rings. The lowest BCUT2D eigenvalue weighted by atomic mass is 9.84. The summed E-state index contributed by atoms with van der Waals surface area (Å²) < 4.78 is 37.7. The molecule has 0 radical (unpaired) electrons. The summed E-state index contributed by atoms with van der Waals surface area (Å²) in [6.07, 6.45) is -3.19. The third-order valence-corrected chi connectivity index (χ3v) is 4.49. The van der Waals surface area contributed by atoms with Crippen LogP contribution in [0.15, 0.2) is 24.3 Å². The fourth-order valence-corrected chi connectivity index (χ4v) is 3.77. The second-order valence-electron chi connectivity index (χ2n) is 6.46. The van der Waals surface area contributed by atoms with Crippen molar-refractivity contribution in [3.63, 3.8) is 0 Å². The maximum atomic E-state index is 12.6. The molecular formula is C15H18F3N3O2. The summed E-state index contributed by atoms with van der Waals surface area (Å²) in [6, 6.07) is 6.37. The summed E-state index contributed by atoms with van der Waals surface area (Å²) in [7, 11) is 0. The van der Waals surface area contributed by atoms with Gasteiger partial charge in [0.1, 0.15) is 0 Å². The van der Waals surface area contributed by atoms with Crippen molar-refractivity contribution in [2.75, 3.05) is 37.6 Å². The summed E-state index contributed by atoms with van der Waals surface area (Å²) in [5.41, 5.74) is 0.942. The molecule has 2 atom stereocenters. The van der Waals surface area contributed by atoms with Crippen LogP contribution in [-0.4, -0.2) is 48.7 Å². The third-order valence-electron chi connectivity index (χ3n) is 4.49. The highest BCUT2D eigenvalue weighted by atomic mass is 19.4. The van der Waals surface area contributed by atoms with E-state index in [0.717, 1.165) is 12.1 Å². The average molecular weight is 329 g/mol. The lowest BCUT2D eigenvalue weighted by molar-refractivity contribution is -0.384. The molecule has 0 spiro atoms. The normalized spacial score (nSPS) is 25.4.